The number of ether oxygens (including phenoxy) is 4. The molecule has 0 spiro atoms. The van der Waals surface area contributed by atoms with Crippen LogP contribution in [0.3, 0.4) is 0 Å². The van der Waals surface area contributed by atoms with Crippen molar-refractivity contribution in [1.29, 1.82) is 0 Å². The molecule has 14 nitrogen and oxygen atoms in total. The summed E-state index contributed by atoms with van der Waals surface area (Å²) < 4.78 is 22.9. The summed E-state index contributed by atoms with van der Waals surface area (Å²) in [5.41, 5.74) is 0. The zero-order valence-electron chi connectivity index (χ0n) is 61.9. The quantitative estimate of drug-likeness (QED) is 0.0204. The van der Waals surface area contributed by atoms with Crippen LogP contribution >= 0.6 is 0 Å². The van der Waals surface area contributed by atoms with Crippen LogP contribution in [0.15, 0.2) is 48.6 Å². The number of amides is 1. The Balaban J connectivity index is 1.60. The van der Waals surface area contributed by atoms with Crippen LogP contribution in [-0.4, -0.2) is 140 Å². The summed E-state index contributed by atoms with van der Waals surface area (Å²) in [6.45, 7) is 2.83. The Morgan fingerprint density at radius 2 is 0.698 bits per heavy atom. The van der Waals surface area contributed by atoms with Crippen molar-refractivity contribution in [2.45, 2.75) is 447 Å². The molecule has 0 radical (unpaired) electrons. The van der Waals surface area contributed by atoms with E-state index in [1.807, 2.05) is 6.08 Å². The predicted molar refractivity (Wildman–Crippen MR) is 397 cm³/mol. The lowest BCUT2D eigenvalue weighted by Gasteiger charge is -2.46. The zero-order valence-corrected chi connectivity index (χ0v) is 61.9. The van der Waals surface area contributed by atoms with Crippen LogP contribution in [0, 0.1) is 0 Å². The summed E-state index contributed by atoms with van der Waals surface area (Å²) in [6.07, 6.45) is 72.1. The van der Waals surface area contributed by atoms with Gasteiger partial charge in [-0.1, -0.05) is 351 Å². The molecule has 2 aliphatic rings. The van der Waals surface area contributed by atoms with E-state index >= 15 is 0 Å². The molecule has 2 heterocycles. The molecule has 2 saturated heterocycles. The summed E-state index contributed by atoms with van der Waals surface area (Å²) in [6, 6.07) is -0.932. The summed E-state index contributed by atoms with van der Waals surface area (Å²) >= 11 is 0. The highest BCUT2D eigenvalue weighted by molar-refractivity contribution is 5.76. The van der Waals surface area contributed by atoms with Gasteiger partial charge in [-0.3, -0.25) is 4.79 Å². The molecular weight excluding hydrogens is 1210 g/mol. The van der Waals surface area contributed by atoms with Crippen molar-refractivity contribution < 1.29 is 64.6 Å². The topological polar surface area (TPSA) is 228 Å². The fourth-order valence-corrected chi connectivity index (χ4v) is 13.5. The second kappa shape index (κ2) is 66.2. The minimum absolute atomic E-state index is 0.241. The summed E-state index contributed by atoms with van der Waals surface area (Å²) in [5.74, 6) is -0.241. The Morgan fingerprint density at radius 1 is 0.375 bits per heavy atom. The van der Waals surface area contributed by atoms with Crippen LogP contribution in [0.25, 0.3) is 0 Å². The van der Waals surface area contributed by atoms with Gasteiger partial charge in [-0.15, -0.1) is 0 Å². The molecule has 9 N–H and O–H groups in total. The lowest BCUT2D eigenvalue weighted by Crippen LogP contribution is -2.65. The predicted octanol–water partition coefficient (Wildman–Crippen LogP) is 18.6. The van der Waals surface area contributed by atoms with Gasteiger partial charge in [0.15, 0.2) is 12.6 Å². The van der Waals surface area contributed by atoms with Crippen molar-refractivity contribution in [2.75, 3.05) is 19.8 Å². The molecule has 2 fully saturated rings. The highest BCUT2D eigenvalue weighted by Gasteiger charge is 2.51. The lowest BCUT2D eigenvalue weighted by molar-refractivity contribution is -0.359. The maximum atomic E-state index is 13.4. The molecule has 0 saturated carbocycles. The number of allylic oxidation sites excluding steroid dienone is 7. The first-order valence-electron chi connectivity index (χ1n) is 40.9. The minimum atomic E-state index is -1.79. The van der Waals surface area contributed by atoms with E-state index in [-0.39, 0.29) is 18.9 Å². The van der Waals surface area contributed by atoms with Crippen molar-refractivity contribution in [3.8, 4) is 0 Å². The third-order valence-corrected chi connectivity index (χ3v) is 20.0. The van der Waals surface area contributed by atoms with E-state index in [9.17, 15) is 45.6 Å². The van der Waals surface area contributed by atoms with Crippen LogP contribution < -0.4 is 5.32 Å². The molecule has 564 valence electrons. The van der Waals surface area contributed by atoms with Gasteiger partial charge in [0.2, 0.25) is 5.91 Å². The Morgan fingerprint density at radius 3 is 1.08 bits per heavy atom. The van der Waals surface area contributed by atoms with Crippen molar-refractivity contribution in [3.05, 3.63) is 48.6 Å². The molecule has 0 aliphatic carbocycles. The smallest absolute Gasteiger partial charge is 0.220 e. The summed E-state index contributed by atoms with van der Waals surface area (Å²) in [5, 5.41) is 87.6. The highest BCUT2D eigenvalue weighted by Crippen LogP contribution is 2.30. The third kappa shape index (κ3) is 48.7. The first-order valence-corrected chi connectivity index (χ1v) is 40.9. The van der Waals surface area contributed by atoms with Crippen molar-refractivity contribution in [3.63, 3.8) is 0 Å². The fraction of sp³-hybridized carbons (Fsp3) is 0.890. The fourth-order valence-electron chi connectivity index (χ4n) is 13.5. The van der Waals surface area contributed by atoms with E-state index in [0.29, 0.717) is 12.8 Å². The van der Waals surface area contributed by atoms with E-state index in [0.717, 1.165) is 38.5 Å². The number of unbranched alkanes of at least 4 members (excludes halogenated alkanes) is 50. The van der Waals surface area contributed by atoms with E-state index in [2.05, 4.69) is 55.6 Å². The molecule has 1 amide bonds. The van der Waals surface area contributed by atoms with Gasteiger partial charge in [-0.25, -0.2) is 0 Å². The van der Waals surface area contributed by atoms with Gasteiger partial charge >= 0.3 is 0 Å². The number of hydrogen-bond donors (Lipinski definition) is 9. The van der Waals surface area contributed by atoms with Crippen LogP contribution in [0.4, 0.5) is 0 Å². The van der Waals surface area contributed by atoms with Gasteiger partial charge in [-0.2, -0.15) is 0 Å². The normalized spacial score (nSPS) is 22.4. The number of aliphatic hydroxyl groups excluding tert-OH is 8. The minimum Gasteiger partial charge on any atom is -0.394 e. The van der Waals surface area contributed by atoms with Crippen molar-refractivity contribution in [2.24, 2.45) is 0 Å². The molecule has 0 aromatic carbocycles. The molecule has 0 aromatic heterocycles. The molecule has 2 rings (SSSR count). The summed E-state index contributed by atoms with van der Waals surface area (Å²) in [4.78, 5) is 13.4. The second-order valence-electron chi connectivity index (χ2n) is 28.9. The largest absolute Gasteiger partial charge is 0.394 e. The number of aliphatic hydroxyl groups is 8. The standard InChI is InChI=1S/C82H153NO13/c1-3-5-7-9-11-13-15-17-19-21-23-25-27-29-30-31-32-33-34-35-36-37-38-39-40-42-44-46-48-50-52-54-56-58-60-62-64-66-74(87)83-70(69-93-81-79(92)77(90)80(73(68-85)95-81)96-82-78(91)76(89)75(88)72(67-84)94-82)71(86)65-63-61-59-57-55-53-51-49-47-45-43-41-28-26-24-22-20-18-16-14-12-10-8-6-4-2/h15,17,21,23,55,57,63,65,70-73,75-82,84-86,88-92H,3-14,16,18-20,22,24-54,56,58-62,64,66-69H2,1-2H3,(H,83,87)/b17-15-,23-21-,57-55+,65-63+. The van der Waals surface area contributed by atoms with E-state index in [1.165, 1.54) is 302 Å². The van der Waals surface area contributed by atoms with Gasteiger partial charge in [0.1, 0.15) is 48.8 Å². The van der Waals surface area contributed by atoms with Crippen LogP contribution in [0.2, 0.25) is 0 Å². The van der Waals surface area contributed by atoms with Crippen LogP contribution in [0.1, 0.15) is 373 Å². The van der Waals surface area contributed by atoms with Crippen LogP contribution in [-0.2, 0) is 23.7 Å². The van der Waals surface area contributed by atoms with E-state index in [4.69, 9.17) is 18.9 Å². The van der Waals surface area contributed by atoms with Gasteiger partial charge < -0.3 is 65.1 Å². The molecule has 0 aromatic rings. The van der Waals surface area contributed by atoms with Crippen molar-refractivity contribution in [1.82, 2.24) is 5.32 Å². The third-order valence-electron chi connectivity index (χ3n) is 20.0. The van der Waals surface area contributed by atoms with E-state index < -0.39 is 86.8 Å². The Labute approximate surface area is 588 Å². The molecule has 14 heteroatoms. The number of rotatable bonds is 69. The Hall–Kier alpha value is -2.05. The number of nitrogens with one attached hydrogen (secondary N) is 1. The lowest BCUT2D eigenvalue weighted by atomic mass is 9.97. The maximum Gasteiger partial charge on any atom is 0.220 e. The number of hydrogen-bond acceptors (Lipinski definition) is 13. The zero-order chi connectivity index (χ0) is 69.4. The van der Waals surface area contributed by atoms with Crippen molar-refractivity contribution >= 4 is 5.91 Å². The molecule has 12 atom stereocenters. The molecule has 12 unspecified atom stereocenters. The highest BCUT2D eigenvalue weighted by atomic mass is 16.7. The molecule has 96 heavy (non-hydrogen) atoms. The molecular formula is C82H153NO13. The second-order valence-corrected chi connectivity index (χ2v) is 28.9. The van der Waals surface area contributed by atoms with Gasteiger partial charge in [0.25, 0.3) is 0 Å². The molecule has 0 bridgehead atoms. The van der Waals surface area contributed by atoms with Gasteiger partial charge in [0, 0.05) is 6.42 Å². The average molecular weight is 1360 g/mol. The van der Waals surface area contributed by atoms with E-state index in [1.54, 1.807) is 6.08 Å². The monoisotopic (exact) mass is 1360 g/mol. The molecule has 2 aliphatic heterocycles. The van der Waals surface area contributed by atoms with Gasteiger partial charge in [-0.05, 0) is 64.2 Å². The first kappa shape index (κ1) is 90.0. The summed E-state index contributed by atoms with van der Waals surface area (Å²) in [7, 11) is 0. The Kier molecular flexibility index (Phi) is 62.1. The van der Waals surface area contributed by atoms with Gasteiger partial charge in [0.05, 0.1) is 32.0 Å². The maximum absolute atomic E-state index is 13.4. The van der Waals surface area contributed by atoms with Crippen LogP contribution in [0.5, 0.6) is 0 Å². The SMILES string of the molecule is CCCCCCC/C=C\C/C=C\CCCCCCCCCCCCCCCCCCCCCCCCCCCC(=O)NC(COC1OC(CO)C(OC2OC(CO)C(O)C(O)C2O)C(O)C1O)C(O)/C=C/CC/C=C/CCCCCCCCCCCCCCCCCCCCC. The first-order chi connectivity index (χ1) is 47.1. The average Bonchev–Trinajstić information content (AvgIpc) is 0.857. The number of carbonyl (C=O) groups excluding carboxylic acids is 1. The Bertz CT molecular complexity index is 1800. The number of carbonyl (C=O) groups is 1.